The minimum Gasteiger partial charge on any atom is -0.322 e. The van der Waals surface area contributed by atoms with Crippen molar-refractivity contribution in [3.05, 3.63) is 41.9 Å². The van der Waals surface area contributed by atoms with Gasteiger partial charge in [0.25, 0.3) is 0 Å². The van der Waals surface area contributed by atoms with E-state index in [0.29, 0.717) is 0 Å². The van der Waals surface area contributed by atoms with Crippen molar-refractivity contribution in [3.8, 4) is 0 Å². The summed E-state index contributed by atoms with van der Waals surface area (Å²) in [5, 5.41) is 0. The fraction of sp³-hybridized carbons (Fsp3) is 0.125. The minimum absolute atomic E-state index is 1.11. The van der Waals surface area contributed by atoms with Gasteiger partial charge in [-0.25, -0.2) is 0 Å². The van der Waals surface area contributed by atoms with Crippen LogP contribution >= 0.6 is 0 Å². The number of hydrogen-bond donors (Lipinski definition) is 1. The van der Waals surface area contributed by atoms with Crippen molar-refractivity contribution in [1.82, 2.24) is 0 Å². The van der Waals surface area contributed by atoms with Gasteiger partial charge in [-0.3, -0.25) is 0 Å². The molecule has 0 atom stereocenters. The molecule has 1 aromatic rings. The van der Waals surface area contributed by atoms with Gasteiger partial charge in [0.15, 0.2) is 0 Å². The van der Waals surface area contributed by atoms with Crippen molar-refractivity contribution in [3.63, 3.8) is 0 Å². The molecule has 0 aromatic heterocycles. The number of hydrogen-bond acceptors (Lipinski definition) is 1. The van der Waals surface area contributed by atoms with Crippen molar-refractivity contribution in [2.24, 2.45) is 5.73 Å². The molecule has 0 aliphatic heterocycles. The summed E-state index contributed by atoms with van der Waals surface area (Å²) in [6.45, 7) is 3.66. The third-order valence-electron chi connectivity index (χ3n) is 1.37. The van der Waals surface area contributed by atoms with E-state index in [4.69, 9.17) is 5.73 Å². The van der Waals surface area contributed by atoms with Gasteiger partial charge in [-0.15, -0.1) is 0 Å². The van der Waals surface area contributed by atoms with Crippen LogP contribution < -0.4 is 5.73 Å². The zero-order chi connectivity index (χ0) is 6.69. The zero-order valence-electron chi connectivity index (χ0n) is 5.46. The van der Waals surface area contributed by atoms with Gasteiger partial charge in [-0.2, -0.15) is 0 Å². The van der Waals surface area contributed by atoms with Crippen LogP contribution in [-0.2, 0) is 0 Å². The molecule has 0 saturated carbocycles. The molecule has 0 fully saturated rings. The van der Waals surface area contributed by atoms with E-state index in [1.807, 2.05) is 31.2 Å². The molecule has 47 valence electrons. The predicted molar refractivity (Wildman–Crippen MR) is 38.8 cm³/mol. The van der Waals surface area contributed by atoms with Gasteiger partial charge in [0, 0.05) is 6.54 Å². The van der Waals surface area contributed by atoms with Gasteiger partial charge < -0.3 is 5.73 Å². The molecule has 0 aliphatic rings. The normalized spacial score (nSPS) is 9.56. The maximum absolute atomic E-state index is 5.33. The van der Waals surface area contributed by atoms with E-state index in [2.05, 4.69) is 0 Å². The minimum atomic E-state index is 1.11. The van der Waals surface area contributed by atoms with Crippen molar-refractivity contribution in [2.75, 3.05) is 0 Å². The lowest BCUT2D eigenvalue weighted by molar-refractivity contribution is 1.29. The van der Waals surface area contributed by atoms with Gasteiger partial charge in [-0.05, 0) is 18.1 Å². The molecule has 0 saturated heterocycles. The molecule has 0 bridgehead atoms. The van der Waals surface area contributed by atoms with Crippen molar-refractivity contribution in [1.29, 1.82) is 0 Å². The zero-order valence-corrected chi connectivity index (χ0v) is 5.46. The molecule has 9 heavy (non-hydrogen) atoms. The van der Waals surface area contributed by atoms with Gasteiger partial charge in [0.05, 0.1) is 0 Å². The Morgan fingerprint density at radius 3 is 2.44 bits per heavy atom. The van der Waals surface area contributed by atoms with Gasteiger partial charge in [-0.1, -0.05) is 24.3 Å². The first-order chi connectivity index (χ1) is 4.34. The third kappa shape index (κ3) is 1.30. The van der Waals surface area contributed by atoms with Gasteiger partial charge >= 0.3 is 0 Å². The second-order valence-electron chi connectivity index (χ2n) is 2.02. The lowest BCUT2D eigenvalue weighted by Crippen LogP contribution is -1.94. The summed E-state index contributed by atoms with van der Waals surface area (Å²) in [6.07, 6.45) is 0. The van der Waals surface area contributed by atoms with Crippen LogP contribution in [0.4, 0.5) is 0 Å². The quantitative estimate of drug-likeness (QED) is 0.596. The number of benzene rings is 1. The highest BCUT2D eigenvalue weighted by Crippen LogP contribution is 2.05. The van der Waals surface area contributed by atoms with Crippen molar-refractivity contribution >= 4 is 0 Å². The second kappa shape index (κ2) is 2.65. The number of rotatable bonds is 1. The van der Waals surface area contributed by atoms with Crippen LogP contribution in [-0.4, -0.2) is 0 Å². The largest absolute Gasteiger partial charge is 0.322 e. The Morgan fingerprint density at radius 2 is 2.00 bits per heavy atom. The average Bonchev–Trinajstić information content (AvgIpc) is 1.89. The highest BCUT2D eigenvalue weighted by atomic mass is 14.5. The predicted octanol–water partition coefficient (Wildman–Crippen LogP) is 1.46. The SMILES string of the molecule is Cc1ccccc1[CH]N. The van der Waals surface area contributed by atoms with E-state index < -0.39 is 0 Å². The van der Waals surface area contributed by atoms with Crippen LogP contribution in [0.2, 0.25) is 0 Å². The first-order valence-corrected chi connectivity index (χ1v) is 2.95. The van der Waals surface area contributed by atoms with Crippen LogP contribution in [0, 0.1) is 13.5 Å². The van der Waals surface area contributed by atoms with Gasteiger partial charge in [0.1, 0.15) is 0 Å². The van der Waals surface area contributed by atoms with Crippen molar-refractivity contribution < 1.29 is 0 Å². The molecule has 1 heteroatoms. The van der Waals surface area contributed by atoms with Crippen LogP contribution in [0.3, 0.4) is 0 Å². The summed E-state index contributed by atoms with van der Waals surface area (Å²) in [6, 6.07) is 8.02. The molecule has 1 nitrogen and oxygen atoms in total. The Labute approximate surface area is 55.5 Å². The van der Waals surface area contributed by atoms with Crippen LogP contribution in [0.5, 0.6) is 0 Å². The molecule has 0 aliphatic carbocycles. The summed E-state index contributed by atoms with van der Waals surface area (Å²) >= 11 is 0. The first-order valence-electron chi connectivity index (χ1n) is 2.95. The fourth-order valence-electron chi connectivity index (χ4n) is 0.774. The summed E-state index contributed by atoms with van der Waals surface area (Å²) in [4.78, 5) is 0. The molecule has 0 heterocycles. The third-order valence-corrected chi connectivity index (χ3v) is 1.37. The van der Waals surface area contributed by atoms with E-state index in [9.17, 15) is 0 Å². The lowest BCUT2D eigenvalue weighted by Gasteiger charge is -1.97. The topological polar surface area (TPSA) is 26.0 Å². The Hall–Kier alpha value is -0.820. The molecule has 2 N–H and O–H groups in total. The summed E-state index contributed by atoms with van der Waals surface area (Å²) < 4.78 is 0. The molecule has 1 radical (unpaired) electrons. The molecule has 0 spiro atoms. The summed E-state index contributed by atoms with van der Waals surface area (Å²) in [5.74, 6) is 0. The number of aryl methyl sites for hydroxylation is 1. The van der Waals surface area contributed by atoms with E-state index in [0.717, 1.165) is 5.56 Å². The summed E-state index contributed by atoms with van der Waals surface area (Å²) in [5.41, 5.74) is 7.66. The Kier molecular flexibility index (Phi) is 1.85. The molecule has 0 unspecified atom stereocenters. The van der Waals surface area contributed by atoms with E-state index >= 15 is 0 Å². The molecule has 1 rings (SSSR count). The molecular formula is C8H10N. The van der Waals surface area contributed by atoms with Crippen molar-refractivity contribution in [2.45, 2.75) is 6.92 Å². The fourth-order valence-corrected chi connectivity index (χ4v) is 0.774. The smallest absolute Gasteiger partial charge is 0.0493 e. The summed E-state index contributed by atoms with van der Waals surface area (Å²) in [7, 11) is 0. The van der Waals surface area contributed by atoms with Gasteiger partial charge in [0.2, 0.25) is 0 Å². The van der Waals surface area contributed by atoms with E-state index in [1.54, 1.807) is 6.54 Å². The first kappa shape index (κ1) is 6.30. The monoisotopic (exact) mass is 120 g/mol. The molecule has 0 amide bonds. The standard InChI is InChI=1S/C8H10N/c1-7-4-2-3-5-8(7)6-9/h2-6H,9H2,1H3. The maximum atomic E-state index is 5.33. The highest BCUT2D eigenvalue weighted by Gasteiger charge is 1.90. The highest BCUT2D eigenvalue weighted by molar-refractivity contribution is 5.30. The average molecular weight is 120 g/mol. The lowest BCUT2D eigenvalue weighted by atomic mass is 10.1. The Bertz CT molecular complexity index is 194. The van der Waals surface area contributed by atoms with Crippen LogP contribution in [0.1, 0.15) is 11.1 Å². The van der Waals surface area contributed by atoms with Crippen LogP contribution in [0.15, 0.2) is 24.3 Å². The second-order valence-corrected chi connectivity index (χ2v) is 2.02. The number of nitrogens with two attached hydrogens (primary N) is 1. The van der Waals surface area contributed by atoms with E-state index in [-0.39, 0.29) is 0 Å². The van der Waals surface area contributed by atoms with E-state index in [1.165, 1.54) is 5.56 Å². The molecule has 1 aromatic carbocycles. The Balaban J connectivity index is 3.01. The van der Waals surface area contributed by atoms with Crippen LogP contribution in [0.25, 0.3) is 0 Å². The maximum Gasteiger partial charge on any atom is 0.0493 e. The molecular weight excluding hydrogens is 110 g/mol. The Morgan fingerprint density at radius 1 is 1.33 bits per heavy atom.